The fourth-order valence-corrected chi connectivity index (χ4v) is 4.30. The molecule has 1 N–H and O–H groups in total. The highest BCUT2D eigenvalue weighted by Gasteiger charge is 2.38. The Morgan fingerprint density at radius 2 is 1.87 bits per heavy atom. The Balaban J connectivity index is 1.77. The number of anilines is 1. The van der Waals surface area contributed by atoms with Gasteiger partial charge in [-0.25, -0.2) is 4.79 Å². The molecular weight excluding hydrogens is 402 g/mol. The van der Waals surface area contributed by atoms with Gasteiger partial charge >= 0.3 is 5.97 Å². The van der Waals surface area contributed by atoms with Gasteiger partial charge in [-0.2, -0.15) is 0 Å². The molecule has 1 aliphatic carbocycles. The van der Waals surface area contributed by atoms with E-state index in [1.54, 1.807) is 6.07 Å². The summed E-state index contributed by atoms with van der Waals surface area (Å²) in [7, 11) is 0. The van der Waals surface area contributed by atoms with Crippen molar-refractivity contribution in [3.05, 3.63) is 82.0 Å². The molecule has 0 fully saturated rings. The van der Waals surface area contributed by atoms with Gasteiger partial charge in [0.2, 0.25) is 5.91 Å². The largest absolute Gasteiger partial charge is 0.478 e. The van der Waals surface area contributed by atoms with Crippen molar-refractivity contribution in [2.45, 2.75) is 25.7 Å². The maximum atomic E-state index is 13.1. The van der Waals surface area contributed by atoms with Crippen LogP contribution in [-0.4, -0.2) is 22.8 Å². The van der Waals surface area contributed by atoms with E-state index in [0.717, 1.165) is 5.56 Å². The van der Waals surface area contributed by atoms with E-state index in [2.05, 4.69) is 0 Å². The Morgan fingerprint density at radius 1 is 1.10 bits per heavy atom. The number of ketones is 1. The predicted molar refractivity (Wildman–Crippen MR) is 115 cm³/mol. The lowest BCUT2D eigenvalue weighted by Crippen LogP contribution is -2.40. The maximum absolute atomic E-state index is 13.1. The van der Waals surface area contributed by atoms with Crippen molar-refractivity contribution in [1.29, 1.82) is 0 Å². The minimum Gasteiger partial charge on any atom is -0.478 e. The highest BCUT2D eigenvalue weighted by atomic mass is 35.5. The van der Waals surface area contributed by atoms with Gasteiger partial charge in [-0.05, 0) is 36.6 Å². The molecule has 1 atom stereocenters. The molecule has 0 saturated carbocycles. The zero-order valence-electron chi connectivity index (χ0n) is 16.2. The van der Waals surface area contributed by atoms with Crippen molar-refractivity contribution in [3.8, 4) is 0 Å². The van der Waals surface area contributed by atoms with Gasteiger partial charge in [0, 0.05) is 35.7 Å². The number of amides is 1. The fourth-order valence-electron chi connectivity index (χ4n) is 4.10. The summed E-state index contributed by atoms with van der Waals surface area (Å²) in [6, 6.07) is 14.2. The average Bonchev–Trinajstić information content (AvgIpc) is 2.73. The molecule has 2 aliphatic rings. The summed E-state index contributed by atoms with van der Waals surface area (Å²) in [5, 5.41) is 9.49. The molecule has 4 rings (SSSR count). The molecule has 1 aliphatic heterocycles. The first kappa shape index (κ1) is 20.1. The molecule has 152 valence electrons. The minimum atomic E-state index is -1.16. The van der Waals surface area contributed by atoms with Crippen molar-refractivity contribution < 1.29 is 19.5 Å². The Morgan fingerprint density at radius 3 is 2.60 bits per heavy atom. The second-order valence-corrected chi connectivity index (χ2v) is 7.82. The predicted octanol–water partition coefficient (Wildman–Crippen LogP) is 5.11. The monoisotopic (exact) mass is 421 g/mol. The topological polar surface area (TPSA) is 74.7 Å². The van der Waals surface area contributed by atoms with E-state index < -0.39 is 5.97 Å². The number of hydrogen-bond donors (Lipinski definition) is 1. The molecule has 0 saturated heterocycles. The molecule has 0 aromatic heterocycles. The molecule has 0 radical (unpaired) electrons. The zero-order valence-corrected chi connectivity index (χ0v) is 16.9. The number of carboxylic acid groups (broad SMARTS) is 1. The molecule has 30 heavy (non-hydrogen) atoms. The van der Waals surface area contributed by atoms with E-state index >= 15 is 0 Å². The first-order chi connectivity index (χ1) is 14.5. The lowest BCUT2D eigenvalue weighted by atomic mass is 9.80. The van der Waals surface area contributed by atoms with E-state index in [1.165, 1.54) is 17.0 Å². The fraction of sp³-hybridized carbons (Fsp3) is 0.208. The Kier molecular flexibility index (Phi) is 5.55. The number of halogens is 1. The molecular formula is C24H20ClNO4. The SMILES string of the molecule is O=C1CCCC2=C1C(/C=C/c1ccccc1)CC(=O)N2c1ccc(Cl)c(C(=O)O)c1. The highest BCUT2D eigenvalue weighted by molar-refractivity contribution is 6.33. The Hall–Kier alpha value is -3.18. The van der Waals surface area contributed by atoms with E-state index in [9.17, 15) is 19.5 Å². The Labute approximate surface area is 179 Å². The molecule has 1 amide bonds. The number of Topliss-reactive ketones (excluding diaryl/α,β-unsaturated/α-hetero) is 1. The van der Waals surface area contributed by atoms with Gasteiger partial charge in [-0.15, -0.1) is 0 Å². The summed E-state index contributed by atoms with van der Waals surface area (Å²) in [5.74, 6) is -1.57. The molecule has 2 aromatic carbocycles. The van der Waals surface area contributed by atoms with Crippen LogP contribution in [0.2, 0.25) is 5.02 Å². The third-order valence-corrected chi connectivity index (χ3v) is 5.80. The molecule has 5 nitrogen and oxygen atoms in total. The van der Waals surface area contributed by atoms with Gasteiger partial charge in [-0.1, -0.05) is 54.1 Å². The molecule has 2 aromatic rings. The van der Waals surface area contributed by atoms with Crippen LogP contribution in [0.4, 0.5) is 5.69 Å². The lowest BCUT2D eigenvalue weighted by Gasteiger charge is -2.37. The van der Waals surface area contributed by atoms with Gasteiger partial charge in [0.25, 0.3) is 0 Å². The summed E-state index contributed by atoms with van der Waals surface area (Å²) >= 11 is 5.99. The summed E-state index contributed by atoms with van der Waals surface area (Å²) in [4.78, 5) is 38.9. The van der Waals surface area contributed by atoms with E-state index in [-0.39, 0.29) is 34.6 Å². The number of carbonyl (C=O) groups excluding carboxylic acids is 2. The number of carboxylic acids is 1. The number of allylic oxidation sites excluding steroid dienone is 3. The number of aromatic carboxylic acids is 1. The minimum absolute atomic E-state index is 0.0453. The third kappa shape index (κ3) is 3.81. The van der Waals surface area contributed by atoms with Gasteiger partial charge in [0.1, 0.15) is 0 Å². The molecule has 0 spiro atoms. The number of hydrogen-bond acceptors (Lipinski definition) is 3. The lowest BCUT2D eigenvalue weighted by molar-refractivity contribution is -0.120. The van der Waals surface area contributed by atoms with Gasteiger partial charge in [0.15, 0.2) is 5.78 Å². The smallest absolute Gasteiger partial charge is 0.337 e. The third-order valence-electron chi connectivity index (χ3n) is 5.47. The number of benzene rings is 2. The molecule has 1 unspecified atom stereocenters. The normalized spacial score (nSPS) is 19.4. The van der Waals surface area contributed by atoms with Crippen LogP contribution in [0.5, 0.6) is 0 Å². The molecule has 1 heterocycles. The van der Waals surface area contributed by atoms with Crippen molar-refractivity contribution in [2.75, 3.05) is 4.90 Å². The zero-order chi connectivity index (χ0) is 21.3. The Bertz CT molecular complexity index is 1090. The number of carbonyl (C=O) groups is 3. The van der Waals surface area contributed by atoms with Crippen LogP contribution in [0.15, 0.2) is 65.9 Å². The van der Waals surface area contributed by atoms with Crippen LogP contribution < -0.4 is 4.90 Å². The highest BCUT2D eigenvalue weighted by Crippen LogP contribution is 2.40. The van der Waals surface area contributed by atoms with Crippen molar-refractivity contribution >= 4 is 41.0 Å². The summed E-state index contributed by atoms with van der Waals surface area (Å²) in [5.41, 5.74) is 2.68. The second kappa shape index (κ2) is 8.28. The summed E-state index contributed by atoms with van der Waals surface area (Å²) < 4.78 is 0. The first-order valence-electron chi connectivity index (χ1n) is 9.81. The van der Waals surface area contributed by atoms with Crippen LogP contribution in [-0.2, 0) is 9.59 Å². The van der Waals surface area contributed by atoms with Gasteiger partial charge in [-0.3, -0.25) is 14.5 Å². The van der Waals surface area contributed by atoms with E-state index in [0.29, 0.717) is 36.2 Å². The van der Waals surface area contributed by atoms with Crippen LogP contribution >= 0.6 is 11.6 Å². The molecule has 6 heteroatoms. The van der Waals surface area contributed by atoms with Crippen molar-refractivity contribution in [3.63, 3.8) is 0 Å². The quantitative estimate of drug-likeness (QED) is 0.744. The summed E-state index contributed by atoms with van der Waals surface area (Å²) in [6.45, 7) is 0. The van der Waals surface area contributed by atoms with Crippen LogP contribution in [0.3, 0.4) is 0 Å². The first-order valence-corrected chi connectivity index (χ1v) is 10.2. The van der Waals surface area contributed by atoms with Crippen molar-refractivity contribution in [2.24, 2.45) is 5.92 Å². The standard InChI is InChI=1S/C24H20ClNO4/c25-19-12-11-17(14-18(19)24(29)30)26-20-7-4-8-21(27)23(20)16(13-22(26)28)10-9-15-5-2-1-3-6-15/h1-3,5-6,9-12,14,16H,4,7-8,13H2,(H,29,30)/b10-9+. The van der Waals surface area contributed by atoms with Crippen LogP contribution in [0.1, 0.15) is 41.6 Å². The van der Waals surface area contributed by atoms with E-state index in [4.69, 9.17) is 11.6 Å². The molecule has 0 bridgehead atoms. The van der Waals surface area contributed by atoms with E-state index in [1.807, 2.05) is 42.5 Å². The van der Waals surface area contributed by atoms with Crippen LogP contribution in [0, 0.1) is 5.92 Å². The maximum Gasteiger partial charge on any atom is 0.337 e. The van der Waals surface area contributed by atoms with Crippen molar-refractivity contribution in [1.82, 2.24) is 0 Å². The van der Waals surface area contributed by atoms with Crippen LogP contribution in [0.25, 0.3) is 6.08 Å². The number of rotatable bonds is 4. The van der Waals surface area contributed by atoms with Gasteiger partial charge in [0.05, 0.1) is 10.6 Å². The average molecular weight is 422 g/mol. The summed E-state index contributed by atoms with van der Waals surface area (Å²) in [6.07, 6.45) is 5.72. The number of nitrogens with zero attached hydrogens (tertiary/aromatic N) is 1. The van der Waals surface area contributed by atoms with Gasteiger partial charge < -0.3 is 5.11 Å². The second-order valence-electron chi connectivity index (χ2n) is 7.42.